The van der Waals surface area contributed by atoms with Gasteiger partial charge in [0.05, 0.1) is 0 Å². The summed E-state index contributed by atoms with van der Waals surface area (Å²) < 4.78 is 5.15. The quantitative estimate of drug-likeness (QED) is 0.633. The number of rotatable bonds is 1. The molecule has 2 N–H and O–H groups in total. The normalized spacial score (nSPS) is 36.6. The maximum Gasteiger partial charge on any atom is 0.405 e. The highest BCUT2D eigenvalue weighted by Gasteiger charge is 2.61. The zero-order chi connectivity index (χ0) is 10.4. The Morgan fingerprint density at radius 1 is 1.54 bits per heavy atom. The molecule has 2 atom stereocenters. The lowest BCUT2D eigenvalue weighted by molar-refractivity contribution is -0.128. The van der Waals surface area contributed by atoms with Crippen molar-refractivity contribution < 1.29 is 9.53 Å². The minimum absolute atomic E-state index is 0.176. The number of carbonyl (C=O) groups excluding carboxylic acids is 1. The van der Waals surface area contributed by atoms with Crippen LogP contribution >= 0.6 is 0 Å². The fourth-order valence-electron chi connectivity index (χ4n) is 2.08. The molecule has 0 spiro atoms. The van der Waals surface area contributed by atoms with Gasteiger partial charge in [-0.3, -0.25) is 0 Å². The average molecular weight is 183 g/mol. The van der Waals surface area contributed by atoms with E-state index in [9.17, 15) is 4.79 Å². The van der Waals surface area contributed by atoms with Crippen molar-refractivity contribution in [2.45, 2.75) is 33.3 Å². The highest BCUT2D eigenvalue weighted by atomic mass is 16.6. The first kappa shape index (κ1) is 10.1. The van der Waals surface area contributed by atoms with Gasteiger partial charge in [0, 0.05) is 11.3 Å². The second-order valence-corrected chi connectivity index (χ2v) is 4.40. The van der Waals surface area contributed by atoms with Gasteiger partial charge in [-0.15, -0.1) is 0 Å². The number of hydrogen-bond acceptors (Lipinski definition) is 2. The molecular formula is C10H17NO2. The molecule has 1 amide bonds. The van der Waals surface area contributed by atoms with Crippen LogP contribution in [0.1, 0.15) is 27.7 Å². The van der Waals surface area contributed by atoms with E-state index in [2.05, 4.69) is 6.58 Å². The van der Waals surface area contributed by atoms with Crippen molar-refractivity contribution in [3.8, 4) is 0 Å². The van der Waals surface area contributed by atoms with Crippen LogP contribution in [0.15, 0.2) is 12.2 Å². The van der Waals surface area contributed by atoms with Crippen LogP contribution in [0.4, 0.5) is 4.79 Å². The van der Waals surface area contributed by atoms with Gasteiger partial charge in [0.2, 0.25) is 0 Å². The molecule has 1 rings (SSSR count). The lowest BCUT2D eigenvalue weighted by Crippen LogP contribution is -2.62. The Morgan fingerprint density at radius 2 is 2.00 bits per heavy atom. The lowest BCUT2D eigenvalue weighted by atomic mass is 9.50. The molecule has 3 nitrogen and oxygen atoms in total. The third-order valence-electron chi connectivity index (χ3n) is 3.71. The molecule has 13 heavy (non-hydrogen) atoms. The van der Waals surface area contributed by atoms with Gasteiger partial charge >= 0.3 is 6.09 Å². The Kier molecular flexibility index (Phi) is 1.94. The summed E-state index contributed by atoms with van der Waals surface area (Å²) in [6, 6.07) is 0. The Labute approximate surface area is 78.9 Å². The molecule has 0 aromatic rings. The smallest absolute Gasteiger partial charge is 0.405 e. The number of ether oxygens (including phenoxy) is 1. The lowest BCUT2D eigenvalue weighted by Gasteiger charge is -2.59. The van der Waals surface area contributed by atoms with Crippen molar-refractivity contribution in [2.24, 2.45) is 17.1 Å². The maximum atomic E-state index is 10.7. The number of hydrogen-bond donors (Lipinski definition) is 1. The fourth-order valence-corrected chi connectivity index (χ4v) is 2.08. The van der Waals surface area contributed by atoms with Crippen LogP contribution in [0.3, 0.4) is 0 Å². The van der Waals surface area contributed by atoms with Gasteiger partial charge in [-0.25, -0.2) is 4.79 Å². The summed E-state index contributed by atoms with van der Waals surface area (Å²) in [4.78, 5) is 10.7. The molecular weight excluding hydrogens is 166 g/mol. The number of primary amides is 1. The maximum absolute atomic E-state index is 10.7. The predicted octanol–water partition coefficient (Wildman–Crippen LogP) is 2.07. The molecule has 74 valence electrons. The van der Waals surface area contributed by atoms with Crippen LogP contribution < -0.4 is 5.73 Å². The van der Waals surface area contributed by atoms with Gasteiger partial charge in [0.15, 0.2) is 0 Å². The molecule has 3 heteroatoms. The van der Waals surface area contributed by atoms with Gasteiger partial charge in [0.25, 0.3) is 0 Å². The minimum atomic E-state index is -0.713. The van der Waals surface area contributed by atoms with Crippen molar-refractivity contribution >= 4 is 6.09 Å². The molecule has 0 radical (unpaired) electrons. The van der Waals surface area contributed by atoms with Crippen LogP contribution in [0, 0.1) is 11.3 Å². The van der Waals surface area contributed by atoms with Crippen molar-refractivity contribution in [1.82, 2.24) is 0 Å². The highest BCUT2D eigenvalue weighted by Crippen LogP contribution is 2.58. The third-order valence-corrected chi connectivity index (χ3v) is 3.71. The zero-order valence-corrected chi connectivity index (χ0v) is 8.68. The summed E-state index contributed by atoms with van der Waals surface area (Å²) in [5.74, 6) is 0.176. The molecule has 0 aliphatic heterocycles. The van der Waals surface area contributed by atoms with Crippen LogP contribution in [0.5, 0.6) is 0 Å². The first-order valence-electron chi connectivity index (χ1n) is 4.41. The highest BCUT2D eigenvalue weighted by molar-refractivity contribution is 5.66. The number of carbonyl (C=O) groups is 1. The van der Waals surface area contributed by atoms with Crippen molar-refractivity contribution in [2.75, 3.05) is 0 Å². The molecule has 1 aliphatic carbocycles. The molecule has 0 aromatic heterocycles. The summed E-state index contributed by atoms with van der Waals surface area (Å²) in [6.07, 6.45) is -0.713. The van der Waals surface area contributed by atoms with E-state index in [-0.39, 0.29) is 11.3 Å². The zero-order valence-electron chi connectivity index (χ0n) is 8.68. The van der Waals surface area contributed by atoms with Crippen LogP contribution in [0.25, 0.3) is 0 Å². The topological polar surface area (TPSA) is 52.3 Å². The summed E-state index contributed by atoms with van der Waals surface area (Å²) in [7, 11) is 0. The molecule has 2 unspecified atom stereocenters. The Morgan fingerprint density at radius 3 is 2.31 bits per heavy atom. The monoisotopic (exact) mass is 183 g/mol. The molecule has 0 saturated heterocycles. The summed E-state index contributed by atoms with van der Waals surface area (Å²) in [5, 5.41) is 0. The van der Waals surface area contributed by atoms with Crippen molar-refractivity contribution in [3.05, 3.63) is 12.2 Å². The van der Waals surface area contributed by atoms with E-state index in [1.54, 1.807) is 0 Å². The Balaban J connectivity index is 2.91. The van der Waals surface area contributed by atoms with Crippen LogP contribution in [-0.4, -0.2) is 11.7 Å². The van der Waals surface area contributed by atoms with E-state index in [1.165, 1.54) is 0 Å². The van der Waals surface area contributed by atoms with E-state index >= 15 is 0 Å². The summed E-state index contributed by atoms with van der Waals surface area (Å²) in [5.41, 5.74) is 5.45. The van der Waals surface area contributed by atoms with Crippen molar-refractivity contribution in [1.29, 1.82) is 0 Å². The molecule has 1 aliphatic rings. The molecule has 1 fully saturated rings. The van der Waals surface area contributed by atoms with Gasteiger partial charge in [-0.05, 0) is 6.92 Å². The fraction of sp³-hybridized carbons (Fsp3) is 0.700. The second kappa shape index (κ2) is 2.50. The molecule has 0 bridgehead atoms. The van der Waals surface area contributed by atoms with E-state index < -0.39 is 11.7 Å². The Hall–Kier alpha value is -0.990. The predicted molar refractivity (Wildman–Crippen MR) is 51.2 cm³/mol. The summed E-state index contributed by atoms with van der Waals surface area (Å²) in [6.45, 7) is 11.9. The first-order chi connectivity index (χ1) is 5.73. The number of nitrogens with two attached hydrogens (primary N) is 1. The van der Waals surface area contributed by atoms with Crippen molar-refractivity contribution in [3.63, 3.8) is 0 Å². The largest absolute Gasteiger partial charge is 0.442 e. The van der Waals surface area contributed by atoms with E-state index in [0.29, 0.717) is 0 Å². The SMILES string of the molecule is C=C1C(C)C(C)(OC(N)=O)C1(C)C. The van der Waals surface area contributed by atoms with Crippen LogP contribution in [0.2, 0.25) is 0 Å². The molecule has 0 aromatic carbocycles. The third kappa shape index (κ3) is 1.06. The van der Waals surface area contributed by atoms with Gasteiger partial charge < -0.3 is 10.5 Å². The first-order valence-corrected chi connectivity index (χ1v) is 4.41. The molecule has 1 saturated carbocycles. The van der Waals surface area contributed by atoms with E-state index in [4.69, 9.17) is 10.5 Å². The number of amides is 1. The van der Waals surface area contributed by atoms with Crippen LogP contribution in [-0.2, 0) is 4.74 Å². The van der Waals surface area contributed by atoms with Gasteiger partial charge in [-0.2, -0.15) is 0 Å². The van der Waals surface area contributed by atoms with Gasteiger partial charge in [0.1, 0.15) is 5.60 Å². The second-order valence-electron chi connectivity index (χ2n) is 4.40. The summed E-state index contributed by atoms with van der Waals surface area (Å²) >= 11 is 0. The van der Waals surface area contributed by atoms with E-state index in [0.717, 1.165) is 5.57 Å². The van der Waals surface area contributed by atoms with Gasteiger partial charge in [-0.1, -0.05) is 32.9 Å². The minimum Gasteiger partial charge on any atom is -0.442 e. The average Bonchev–Trinajstić information content (AvgIpc) is 2.00. The Bertz CT molecular complexity index is 270. The standard InChI is InChI=1S/C10H17NO2/c1-6-7(2)10(5,9(6,3)4)13-8(11)12/h7H,1H2,2-5H3,(H2,11,12). The van der Waals surface area contributed by atoms with E-state index in [1.807, 2.05) is 27.7 Å². The molecule has 0 heterocycles.